The van der Waals surface area contributed by atoms with Crippen LogP contribution in [0, 0.1) is 6.92 Å². The van der Waals surface area contributed by atoms with Crippen LogP contribution >= 0.6 is 0 Å². The van der Waals surface area contributed by atoms with Gasteiger partial charge in [-0.2, -0.15) is 0 Å². The van der Waals surface area contributed by atoms with Gasteiger partial charge in [-0.05, 0) is 64.4 Å². The lowest BCUT2D eigenvalue weighted by atomic mass is 10.1. The van der Waals surface area contributed by atoms with E-state index >= 15 is 0 Å². The molecule has 21 heavy (non-hydrogen) atoms. The Kier molecular flexibility index (Phi) is 6.18. The Morgan fingerprint density at radius 2 is 2.14 bits per heavy atom. The minimum absolute atomic E-state index is 0.0317. The number of carbonyl (C=O) groups excluding carboxylic acids is 1. The molecule has 2 heterocycles. The quantitative estimate of drug-likeness (QED) is 0.839. The molecule has 0 aromatic carbocycles. The summed E-state index contributed by atoms with van der Waals surface area (Å²) >= 11 is 0. The standard InChI is InChI=1S/C17H27N3O/c1-3-15(16-9-6-8-14(2)18-16)19-17(21)10-7-13-20-11-4-5-12-20/h6,8-9,15H,3-5,7,10-13H2,1-2H3,(H,19,21)/t15-/m0/s1. The lowest BCUT2D eigenvalue weighted by Gasteiger charge is -2.18. The number of aryl methyl sites for hydroxylation is 1. The van der Waals surface area contributed by atoms with E-state index in [1.54, 1.807) is 0 Å². The van der Waals surface area contributed by atoms with Crippen molar-refractivity contribution in [2.75, 3.05) is 19.6 Å². The Morgan fingerprint density at radius 3 is 2.81 bits per heavy atom. The smallest absolute Gasteiger partial charge is 0.220 e. The highest BCUT2D eigenvalue weighted by Crippen LogP contribution is 2.15. The summed E-state index contributed by atoms with van der Waals surface area (Å²) in [6, 6.07) is 6.00. The molecule has 1 aromatic rings. The van der Waals surface area contributed by atoms with E-state index in [4.69, 9.17) is 0 Å². The number of carbonyl (C=O) groups is 1. The van der Waals surface area contributed by atoms with Crippen LogP contribution in [-0.4, -0.2) is 35.4 Å². The number of likely N-dealkylation sites (tertiary alicyclic amines) is 1. The van der Waals surface area contributed by atoms with Gasteiger partial charge in [-0.15, -0.1) is 0 Å². The molecule has 4 nitrogen and oxygen atoms in total. The molecule has 4 heteroatoms. The van der Waals surface area contributed by atoms with Crippen molar-refractivity contribution in [2.24, 2.45) is 0 Å². The lowest BCUT2D eigenvalue weighted by molar-refractivity contribution is -0.122. The summed E-state index contributed by atoms with van der Waals surface area (Å²) < 4.78 is 0. The van der Waals surface area contributed by atoms with E-state index in [-0.39, 0.29) is 11.9 Å². The molecule has 1 fully saturated rings. The highest BCUT2D eigenvalue weighted by atomic mass is 16.1. The average molecular weight is 289 g/mol. The third-order valence-electron chi connectivity index (χ3n) is 4.09. The van der Waals surface area contributed by atoms with Crippen LogP contribution in [0.1, 0.15) is 56.5 Å². The monoisotopic (exact) mass is 289 g/mol. The number of hydrogen-bond acceptors (Lipinski definition) is 3. The van der Waals surface area contributed by atoms with Crippen molar-refractivity contribution in [3.63, 3.8) is 0 Å². The number of pyridine rings is 1. The zero-order valence-electron chi connectivity index (χ0n) is 13.3. The van der Waals surface area contributed by atoms with Crippen LogP contribution in [0.4, 0.5) is 0 Å². The fourth-order valence-electron chi connectivity index (χ4n) is 2.88. The minimum Gasteiger partial charge on any atom is -0.348 e. The first-order valence-corrected chi connectivity index (χ1v) is 8.14. The number of aromatic nitrogens is 1. The van der Waals surface area contributed by atoms with Crippen LogP contribution < -0.4 is 5.32 Å². The van der Waals surface area contributed by atoms with E-state index in [1.165, 1.54) is 25.9 Å². The number of amides is 1. The van der Waals surface area contributed by atoms with Crippen LogP contribution in [0.2, 0.25) is 0 Å². The van der Waals surface area contributed by atoms with Gasteiger partial charge in [-0.3, -0.25) is 9.78 Å². The summed E-state index contributed by atoms with van der Waals surface area (Å²) in [5.74, 6) is 0.143. The second kappa shape index (κ2) is 8.13. The predicted octanol–water partition coefficient (Wildman–Crippen LogP) is 2.83. The maximum atomic E-state index is 12.1. The summed E-state index contributed by atoms with van der Waals surface area (Å²) in [4.78, 5) is 19.1. The first kappa shape index (κ1) is 16.0. The third kappa shape index (κ3) is 5.12. The molecule has 0 aliphatic carbocycles. The SMILES string of the molecule is CC[C@H](NC(=O)CCCN1CCCC1)c1cccc(C)n1. The van der Waals surface area contributed by atoms with E-state index in [1.807, 2.05) is 25.1 Å². The summed E-state index contributed by atoms with van der Waals surface area (Å²) in [6.07, 6.45) is 5.04. The van der Waals surface area contributed by atoms with E-state index < -0.39 is 0 Å². The number of nitrogens with zero attached hydrogens (tertiary/aromatic N) is 2. The fourth-order valence-corrected chi connectivity index (χ4v) is 2.88. The van der Waals surface area contributed by atoms with Crippen molar-refractivity contribution in [2.45, 2.75) is 52.0 Å². The maximum Gasteiger partial charge on any atom is 0.220 e. The van der Waals surface area contributed by atoms with Gasteiger partial charge in [0.15, 0.2) is 0 Å². The second-order valence-corrected chi connectivity index (χ2v) is 5.88. The molecule has 1 aromatic heterocycles. The molecule has 116 valence electrons. The van der Waals surface area contributed by atoms with Gasteiger partial charge in [-0.1, -0.05) is 13.0 Å². The summed E-state index contributed by atoms with van der Waals surface area (Å²) in [6.45, 7) is 7.51. The first-order valence-electron chi connectivity index (χ1n) is 8.14. The highest BCUT2D eigenvalue weighted by Gasteiger charge is 2.15. The zero-order valence-corrected chi connectivity index (χ0v) is 13.3. The Morgan fingerprint density at radius 1 is 1.38 bits per heavy atom. The molecule has 2 rings (SSSR count). The highest BCUT2D eigenvalue weighted by molar-refractivity contribution is 5.76. The van der Waals surface area contributed by atoms with Crippen LogP contribution in [-0.2, 0) is 4.79 Å². The summed E-state index contributed by atoms with van der Waals surface area (Å²) in [5, 5.41) is 3.12. The lowest BCUT2D eigenvalue weighted by Crippen LogP contribution is -2.29. The first-order chi connectivity index (χ1) is 10.2. The maximum absolute atomic E-state index is 12.1. The van der Waals surface area contributed by atoms with Gasteiger partial charge >= 0.3 is 0 Å². The topological polar surface area (TPSA) is 45.2 Å². The van der Waals surface area contributed by atoms with Crippen molar-refractivity contribution in [3.8, 4) is 0 Å². The molecule has 1 saturated heterocycles. The van der Waals surface area contributed by atoms with E-state index in [2.05, 4.69) is 22.1 Å². The van der Waals surface area contributed by atoms with Crippen LogP contribution in [0.3, 0.4) is 0 Å². The molecule has 0 bridgehead atoms. The Labute approximate surface area is 127 Å². The van der Waals surface area contributed by atoms with Gasteiger partial charge < -0.3 is 10.2 Å². The molecule has 0 radical (unpaired) electrons. The van der Waals surface area contributed by atoms with Crippen LogP contribution in [0.25, 0.3) is 0 Å². The van der Waals surface area contributed by atoms with Crippen LogP contribution in [0.15, 0.2) is 18.2 Å². The van der Waals surface area contributed by atoms with Crippen molar-refractivity contribution in [1.82, 2.24) is 15.2 Å². The van der Waals surface area contributed by atoms with E-state index in [9.17, 15) is 4.79 Å². The number of nitrogens with one attached hydrogen (secondary N) is 1. The molecule has 1 aliphatic heterocycles. The largest absolute Gasteiger partial charge is 0.348 e. The molecular weight excluding hydrogens is 262 g/mol. The van der Waals surface area contributed by atoms with Crippen molar-refractivity contribution in [3.05, 3.63) is 29.6 Å². The van der Waals surface area contributed by atoms with E-state index in [0.717, 1.165) is 30.8 Å². The average Bonchev–Trinajstić information content (AvgIpc) is 2.98. The number of hydrogen-bond donors (Lipinski definition) is 1. The van der Waals surface area contributed by atoms with Gasteiger partial charge in [0.05, 0.1) is 11.7 Å². The Bertz CT molecular complexity index is 455. The Hall–Kier alpha value is -1.42. The van der Waals surface area contributed by atoms with E-state index in [0.29, 0.717) is 6.42 Å². The Balaban J connectivity index is 1.76. The van der Waals surface area contributed by atoms with Gasteiger partial charge in [0.1, 0.15) is 0 Å². The molecule has 1 atom stereocenters. The molecule has 1 aliphatic rings. The van der Waals surface area contributed by atoms with Gasteiger partial charge in [0, 0.05) is 12.1 Å². The third-order valence-corrected chi connectivity index (χ3v) is 4.09. The molecular formula is C17H27N3O. The summed E-state index contributed by atoms with van der Waals surface area (Å²) in [5.41, 5.74) is 1.96. The molecule has 1 amide bonds. The minimum atomic E-state index is 0.0317. The fraction of sp³-hybridized carbons (Fsp3) is 0.647. The van der Waals surface area contributed by atoms with Crippen molar-refractivity contribution in [1.29, 1.82) is 0 Å². The zero-order chi connectivity index (χ0) is 15.1. The van der Waals surface area contributed by atoms with Crippen molar-refractivity contribution >= 4 is 5.91 Å². The number of rotatable bonds is 7. The second-order valence-electron chi connectivity index (χ2n) is 5.88. The molecule has 1 N–H and O–H groups in total. The molecule has 0 saturated carbocycles. The molecule has 0 unspecified atom stereocenters. The predicted molar refractivity (Wildman–Crippen MR) is 85.1 cm³/mol. The molecule has 0 spiro atoms. The van der Waals surface area contributed by atoms with Gasteiger partial charge in [0.25, 0.3) is 0 Å². The van der Waals surface area contributed by atoms with Gasteiger partial charge in [-0.25, -0.2) is 0 Å². The normalized spacial score (nSPS) is 16.9. The van der Waals surface area contributed by atoms with Crippen LogP contribution in [0.5, 0.6) is 0 Å². The van der Waals surface area contributed by atoms with Crippen molar-refractivity contribution < 1.29 is 4.79 Å². The van der Waals surface area contributed by atoms with Gasteiger partial charge in [0.2, 0.25) is 5.91 Å². The summed E-state index contributed by atoms with van der Waals surface area (Å²) in [7, 11) is 0.